The van der Waals surface area contributed by atoms with Crippen molar-refractivity contribution in [1.82, 2.24) is 10.2 Å². The number of nitrogens with zero attached hydrogens (tertiary/aromatic N) is 2. The van der Waals surface area contributed by atoms with Crippen molar-refractivity contribution in [3.63, 3.8) is 0 Å². The minimum absolute atomic E-state index is 0.0388. The number of amides is 2. The van der Waals surface area contributed by atoms with Gasteiger partial charge in [-0.1, -0.05) is 24.3 Å². The van der Waals surface area contributed by atoms with Crippen molar-refractivity contribution in [2.24, 2.45) is 0 Å². The molecule has 0 unspecified atom stereocenters. The second kappa shape index (κ2) is 13.0. The summed E-state index contributed by atoms with van der Waals surface area (Å²) in [5.41, 5.74) is 0.919. The first-order valence-corrected chi connectivity index (χ1v) is 13.5. The van der Waals surface area contributed by atoms with Crippen LogP contribution in [0.2, 0.25) is 0 Å². The molecule has 0 bridgehead atoms. The Balaban J connectivity index is 2.05. The van der Waals surface area contributed by atoms with Crippen LogP contribution in [0.5, 0.6) is 17.2 Å². The highest BCUT2D eigenvalue weighted by Gasteiger charge is 2.33. The molecule has 0 aliphatic rings. The molecule has 11 heteroatoms. The lowest BCUT2D eigenvalue weighted by molar-refractivity contribution is -0.139. The van der Waals surface area contributed by atoms with E-state index in [4.69, 9.17) is 14.2 Å². The molecule has 3 aromatic carbocycles. The molecule has 39 heavy (non-hydrogen) atoms. The number of anilines is 1. The molecule has 0 aromatic heterocycles. The van der Waals surface area contributed by atoms with E-state index >= 15 is 0 Å². The molecular formula is C28H33N3O7S. The van der Waals surface area contributed by atoms with Gasteiger partial charge in [0.1, 0.15) is 29.8 Å². The summed E-state index contributed by atoms with van der Waals surface area (Å²) in [4.78, 5) is 27.7. The van der Waals surface area contributed by atoms with Gasteiger partial charge in [-0.25, -0.2) is 8.42 Å². The highest BCUT2D eigenvalue weighted by Crippen LogP contribution is 2.33. The van der Waals surface area contributed by atoms with E-state index in [2.05, 4.69) is 5.32 Å². The average molecular weight is 556 g/mol. The van der Waals surface area contributed by atoms with E-state index in [1.54, 1.807) is 62.6 Å². The van der Waals surface area contributed by atoms with Gasteiger partial charge < -0.3 is 24.4 Å². The van der Waals surface area contributed by atoms with Gasteiger partial charge in [0, 0.05) is 13.6 Å². The second-order valence-corrected chi connectivity index (χ2v) is 10.4. The zero-order valence-corrected chi connectivity index (χ0v) is 23.4. The Labute approximate surface area is 229 Å². The summed E-state index contributed by atoms with van der Waals surface area (Å²) in [5, 5.41) is 2.56. The predicted octanol–water partition coefficient (Wildman–Crippen LogP) is 3.07. The van der Waals surface area contributed by atoms with Crippen molar-refractivity contribution in [3.05, 3.63) is 78.4 Å². The summed E-state index contributed by atoms with van der Waals surface area (Å²) < 4.78 is 44.6. The van der Waals surface area contributed by atoms with E-state index < -0.39 is 34.4 Å². The molecule has 0 aliphatic carbocycles. The maximum Gasteiger partial charge on any atom is 0.264 e. The number of carbonyl (C=O) groups is 2. The van der Waals surface area contributed by atoms with Crippen LogP contribution in [0, 0.1) is 0 Å². The molecule has 208 valence electrons. The third kappa shape index (κ3) is 6.80. The number of nitrogens with one attached hydrogen (secondary N) is 1. The molecular weight excluding hydrogens is 522 g/mol. The molecule has 0 radical (unpaired) electrons. The first-order valence-electron chi connectivity index (χ1n) is 12.1. The number of carbonyl (C=O) groups excluding carboxylic acids is 2. The van der Waals surface area contributed by atoms with Crippen LogP contribution in [0.3, 0.4) is 0 Å². The number of likely N-dealkylation sites (N-methyl/N-ethyl adjacent to an activating group) is 1. The zero-order chi connectivity index (χ0) is 28.6. The largest absolute Gasteiger partial charge is 0.497 e. The van der Waals surface area contributed by atoms with Crippen molar-refractivity contribution in [3.8, 4) is 17.2 Å². The lowest BCUT2D eigenvalue weighted by atomic mass is 10.1. The molecule has 0 heterocycles. The molecule has 3 aromatic rings. The van der Waals surface area contributed by atoms with Crippen LogP contribution >= 0.6 is 0 Å². The van der Waals surface area contributed by atoms with Crippen LogP contribution in [0.4, 0.5) is 5.69 Å². The van der Waals surface area contributed by atoms with Gasteiger partial charge in [-0.05, 0) is 61.0 Å². The van der Waals surface area contributed by atoms with Crippen LogP contribution in [0.15, 0.2) is 77.7 Å². The van der Waals surface area contributed by atoms with E-state index in [9.17, 15) is 18.0 Å². The normalized spacial score (nSPS) is 11.7. The lowest BCUT2D eigenvalue weighted by Gasteiger charge is -2.32. The Morgan fingerprint density at radius 3 is 1.95 bits per heavy atom. The number of para-hydroxylation sites is 2. The van der Waals surface area contributed by atoms with Gasteiger partial charge in [0.2, 0.25) is 11.8 Å². The fourth-order valence-electron chi connectivity index (χ4n) is 3.94. The van der Waals surface area contributed by atoms with Crippen LogP contribution < -0.4 is 23.8 Å². The summed E-state index contributed by atoms with van der Waals surface area (Å²) in [5.74, 6) is 0.426. The first kappa shape index (κ1) is 29.3. The van der Waals surface area contributed by atoms with Crippen molar-refractivity contribution in [1.29, 1.82) is 0 Å². The number of sulfonamides is 1. The molecule has 0 fully saturated rings. The second-order valence-electron chi connectivity index (χ2n) is 8.52. The predicted molar refractivity (Wildman–Crippen MR) is 148 cm³/mol. The standard InChI is InChI=1S/C28H33N3O7S/c1-20(28(33)29-2)30(18-21-10-12-22(36-3)13-11-21)27(32)19-31(25-8-6-7-9-26(25)38-5)39(34,35)24-16-14-23(37-4)15-17-24/h6-17,20H,18-19H2,1-5H3,(H,29,33)/t20-/m0/s1. The van der Waals surface area contributed by atoms with Gasteiger partial charge in [0.05, 0.1) is 31.9 Å². The third-order valence-corrected chi connectivity index (χ3v) is 7.98. The first-order chi connectivity index (χ1) is 18.7. The van der Waals surface area contributed by atoms with Crippen LogP contribution in [-0.4, -0.2) is 66.1 Å². The number of hydrogen-bond acceptors (Lipinski definition) is 7. The maximum atomic E-state index is 13.9. The van der Waals surface area contributed by atoms with E-state index in [1.807, 2.05) is 0 Å². The quantitative estimate of drug-likeness (QED) is 0.365. The van der Waals surface area contributed by atoms with Gasteiger partial charge in [0.15, 0.2) is 0 Å². The molecule has 3 rings (SSSR count). The van der Waals surface area contributed by atoms with Crippen LogP contribution in [0.25, 0.3) is 0 Å². The molecule has 0 saturated carbocycles. The van der Waals surface area contributed by atoms with Gasteiger partial charge in [-0.2, -0.15) is 0 Å². The van der Waals surface area contributed by atoms with E-state index in [0.717, 1.165) is 9.87 Å². The number of benzene rings is 3. The lowest BCUT2D eigenvalue weighted by Crippen LogP contribution is -2.50. The van der Waals surface area contributed by atoms with Crippen molar-refractivity contribution < 1.29 is 32.2 Å². The number of rotatable bonds is 12. The molecule has 1 N–H and O–H groups in total. The van der Waals surface area contributed by atoms with Gasteiger partial charge in [-0.15, -0.1) is 0 Å². The fraction of sp³-hybridized carbons (Fsp3) is 0.286. The molecule has 0 spiro atoms. The summed E-state index contributed by atoms with van der Waals surface area (Å²) >= 11 is 0. The topological polar surface area (TPSA) is 114 Å². The Hall–Kier alpha value is -4.25. The van der Waals surface area contributed by atoms with Crippen molar-refractivity contribution in [2.75, 3.05) is 39.2 Å². The van der Waals surface area contributed by atoms with E-state index in [-0.39, 0.29) is 22.9 Å². The van der Waals surface area contributed by atoms with Crippen molar-refractivity contribution >= 4 is 27.5 Å². The average Bonchev–Trinajstić information content (AvgIpc) is 2.97. The molecule has 1 atom stereocenters. The molecule has 2 amide bonds. The third-order valence-electron chi connectivity index (χ3n) is 6.21. The minimum atomic E-state index is -4.24. The summed E-state index contributed by atoms with van der Waals surface area (Å²) in [6, 6.07) is 18.6. The Kier molecular flexibility index (Phi) is 9.78. The number of methoxy groups -OCH3 is 3. The maximum absolute atomic E-state index is 13.9. The van der Waals surface area contributed by atoms with Crippen LogP contribution in [-0.2, 0) is 26.2 Å². The highest BCUT2D eigenvalue weighted by molar-refractivity contribution is 7.92. The smallest absolute Gasteiger partial charge is 0.264 e. The molecule has 0 saturated heterocycles. The Morgan fingerprint density at radius 2 is 1.41 bits per heavy atom. The summed E-state index contributed by atoms with van der Waals surface area (Å²) in [6.07, 6.45) is 0. The SMILES string of the molecule is CNC(=O)[C@H](C)N(Cc1ccc(OC)cc1)C(=O)CN(c1ccccc1OC)S(=O)(=O)c1ccc(OC)cc1. The number of hydrogen-bond donors (Lipinski definition) is 1. The van der Waals surface area contributed by atoms with Gasteiger partial charge in [0.25, 0.3) is 10.0 Å². The Bertz CT molecular complexity index is 1380. The summed E-state index contributed by atoms with van der Waals surface area (Å²) in [7, 11) is 1.69. The van der Waals surface area contributed by atoms with E-state index in [0.29, 0.717) is 11.5 Å². The van der Waals surface area contributed by atoms with Crippen LogP contribution in [0.1, 0.15) is 12.5 Å². The summed E-state index contributed by atoms with van der Waals surface area (Å²) in [6.45, 7) is 1.08. The van der Waals surface area contributed by atoms with Crippen molar-refractivity contribution in [2.45, 2.75) is 24.4 Å². The van der Waals surface area contributed by atoms with Gasteiger partial charge in [-0.3, -0.25) is 13.9 Å². The minimum Gasteiger partial charge on any atom is -0.497 e. The Morgan fingerprint density at radius 1 is 0.846 bits per heavy atom. The molecule has 0 aliphatic heterocycles. The monoisotopic (exact) mass is 555 g/mol. The number of ether oxygens (including phenoxy) is 3. The zero-order valence-electron chi connectivity index (χ0n) is 22.6. The fourth-order valence-corrected chi connectivity index (χ4v) is 5.37. The highest BCUT2D eigenvalue weighted by atomic mass is 32.2. The van der Waals surface area contributed by atoms with Gasteiger partial charge >= 0.3 is 0 Å². The molecule has 10 nitrogen and oxygen atoms in total. The van der Waals surface area contributed by atoms with E-state index in [1.165, 1.54) is 50.4 Å².